The van der Waals surface area contributed by atoms with Gasteiger partial charge in [0, 0.05) is 12.1 Å². The molecule has 0 aliphatic rings. The zero-order valence-electron chi connectivity index (χ0n) is 15.9. The summed E-state index contributed by atoms with van der Waals surface area (Å²) in [5, 5.41) is 27.4. The van der Waals surface area contributed by atoms with Gasteiger partial charge in [0.25, 0.3) is 5.91 Å². The lowest BCUT2D eigenvalue weighted by molar-refractivity contribution is 0.0964. The molecule has 0 saturated carbocycles. The Morgan fingerprint density at radius 2 is 2.04 bits per heavy atom. The molecule has 1 radical (unpaired) electrons. The van der Waals surface area contributed by atoms with Crippen LogP contribution in [0.4, 0.5) is 5.82 Å². The van der Waals surface area contributed by atoms with Crippen LogP contribution in [0.3, 0.4) is 0 Å². The topological polar surface area (TPSA) is 111 Å². The number of benzene rings is 1. The molecule has 0 spiro atoms. The van der Waals surface area contributed by atoms with E-state index in [0.717, 1.165) is 0 Å². The summed E-state index contributed by atoms with van der Waals surface area (Å²) in [7, 11) is 1.45. The Morgan fingerprint density at radius 3 is 2.68 bits per heavy atom. The summed E-state index contributed by atoms with van der Waals surface area (Å²) in [6, 6.07) is 9.53. The predicted octanol–water partition coefficient (Wildman–Crippen LogP) is 3.17. The molecule has 0 saturated heterocycles. The largest absolute Gasteiger partial charge is 0.506 e. The predicted molar refractivity (Wildman–Crippen MR) is 101 cm³/mol. The van der Waals surface area contributed by atoms with E-state index in [-0.39, 0.29) is 22.7 Å². The highest BCUT2D eigenvalue weighted by atomic mass is 16.5. The lowest BCUT2D eigenvalue weighted by Crippen LogP contribution is -2.23. The number of methoxy groups -OCH3 is 1. The summed E-state index contributed by atoms with van der Waals surface area (Å²) in [4.78, 5) is 12.7. The average molecular weight is 379 g/mol. The number of rotatable bonds is 4. The molecule has 0 bridgehead atoms. The highest BCUT2D eigenvalue weighted by Crippen LogP contribution is 2.30. The highest BCUT2D eigenvalue weighted by molar-refractivity contribution is 5.99. The van der Waals surface area contributed by atoms with Crippen molar-refractivity contribution in [3.05, 3.63) is 47.7 Å². The number of ether oxygens (including phenoxy) is 2. The number of nitrogens with zero attached hydrogens (tertiary/aromatic N) is 4. The maximum absolute atomic E-state index is 12.7. The van der Waals surface area contributed by atoms with E-state index in [2.05, 4.69) is 10.4 Å². The summed E-state index contributed by atoms with van der Waals surface area (Å²) in [6.45, 7) is 5.75. The third-order valence-corrected chi connectivity index (χ3v) is 3.79. The fraction of sp³-hybridized carbons (Fsp3) is 0.250. The van der Waals surface area contributed by atoms with Gasteiger partial charge in [0.2, 0.25) is 0 Å². The van der Waals surface area contributed by atoms with Crippen molar-refractivity contribution >= 4 is 17.2 Å². The van der Waals surface area contributed by atoms with E-state index in [1.165, 1.54) is 23.9 Å². The number of hydrogen-bond acceptors (Lipinski definition) is 6. The number of amides is 1. The van der Waals surface area contributed by atoms with Crippen LogP contribution < -0.4 is 14.8 Å². The zero-order chi connectivity index (χ0) is 20.5. The lowest BCUT2D eigenvalue weighted by atomic mass is 10.1. The normalized spacial score (nSPS) is 11.1. The van der Waals surface area contributed by atoms with E-state index in [9.17, 15) is 15.2 Å². The van der Waals surface area contributed by atoms with E-state index in [4.69, 9.17) is 9.47 Å². The van der Waals surface area contributed by atoms with E-state index < -0.39 is 11.5 Å². The maximum atomic E-state index is 12.7. The molecule has 1 aromatic carbocycles. The third-order valence-electron chi connectivity index (χ3n) is 3.79. The third kappa shape index (κ3) is 3.69. The molecule has 28 heavy (non-hydrogen) atoms. The molecule has 0 aliphatic carbocycles. The van der Waals surface area contributed by atoms with Crippen molar-refractivity contribution in [2.75, 3.05) is 7.11 Å². The molecule has 0 atom stereocenters. The first-order chi connectivity index (χ1) is 13.2. The number of pyridine rings is 1. The summed E-state index contributed by atoms with van der Waals surface area (Å²) >= 11 is 0. The van der Waals surface area contributed by atoms with Crippen LogP contribution in [0.2, 0.25) is 0 Å². The molecular formula is C20H19N4O4. The molecule has 1 amide bonds. The fourth-order valence-corrected chi connectivity index (χ4v) is 2.69. The van der Waals surface area contributed by atoms with E-state index >= 15 is 0 Å². The Hall–Kier alpha value is -3.73. The second-order valence-electron chi connectivity index (χ2n) is 7.00. The zero-order valence-corrected chi connectivity index (χ0v) is 15.9. The van der Waals surface area contributed by atoms with Crippen molar-refractivity contribution in [1.29, 1.82) is 5.26 Å². The van der Waals surface area contributed by atoms with Crippen molar-refractivity contribution in [3.63, 3.8) is 0 Å². The minimum absolute atomic E-state index is 0.0603. The molecule has 1 N–H and O–H groups in total. The van der Waals surface area contributed by atoms with Crippen LogP contribution in [0.5, 0.6) is 17.2 Å². The molecule has 0 unspecified atom stereocenters. The molecular weight excluding hydrogens is 360 g/mol. The Balaban J connectivity index is 1.95. The quantitative estimate of drug-likeness (QED) is 0.745. The van der Waals surface area contributed by atoms with Gasteiger partial charge < -0.3 is 14.6 Å². The van der Waals surface area contributed by atoms with Crippen molar-refractivity contribution in [1.82, 2.24) is 14.9 Å². The molecule has 2 aromatic heterocycles. The maximum Gasteiger partial charge on any atom is 0.282 e. The van der Waals surface area contributed by atoms with Gasteiger partial charge in [-0.05, 0) is 39.0 Å². The Morgan fingerprint density at radius 1 is 1.29 bits per heavy atom. The lowest BCUT2D eigenvalue weighted by Gasteiger charge is -2.22. The van der Waals surface area contributed by atoms with Crippen LogP contribution in [-0.4, -0.2) is 33.3 Å². The van der Waals surface area contributed by atoms with Gasteiger partial charge in [-0.2, -0.15) is 15.7 Å². The molecule has 3 aromatic rings. The SMILES string of the molecule is COc1cc(OC(C)(C)C)ccc1C(=O)[N]c1cc(O)c(C#N)c2ccnn12. The first-order valence-corrected chi connectivity index (χ1v) is 8.46. The molecule has 8 nitrogen and oxygen atoms in total. The van der Waals surface area contributed by atoms with Gasteiger partial charge in [0.15, 0.2) is 5.82 Å². The second kappa shape index (κ2) is 7.12. The fourth-order valence-electron chi connectivity index (χ4n) is 2.69. The van der Waals surface area contributed by atoms with Gasteiger partial charge in [0.1, 0.15) is 34.5 Å². The number of hydrogen-bond donors (Lipinski definition) is 1. The highest BCUT2D eigenvalue weighted by Gasteiger charge is 2.20. The number of fused-ring (bicyclic) bond motifs is 1. The van der Waals surface area contributed by atoms with Crippen LogP contribution >= 0.6 is 0 Å². The summed E-state index contributed by atoms with van der Waals surface area (Å²) < 4.78 is 12.4. The number of nitriles is 1. The molecule has 0 fully saturated rings. The summed E-state index contributed by atoms with van der Waals surface area (Å²) in [5.74, 6) is 0.109. The molecule has 8 heteroatoms. The molecule has 2 heterocycles. The number of aromatic hydroxyl groups is 1. The van der Waals surface area contributed by atoms with Crippen LogP contribution in [0.25, 0.3) is 5.52 Å². The van der Waals surface area contributed by atoms with Crippen LogP contribution in [0.15, 0.2) is 36.5 Å². The van der Waals surface area contributed by atoms with Gasteiger partial charge >= 0.3 is 0 Å². The van der Waals surface area contributed by atoms with Crippen molar-refractivity contribution in [2.24, 2.45) is 0 Å². The molecule has 3 rings (SSSR count). The minimum atomic E-state index is -0.583. The van der Waals surface area contributed by atoms with Crippen LogP contribution in [0, 0.1) is 11.3 Å². The van der Waals surface area contributed by atoms with Gasteiger partial charge in [-0.3, -0.25) is 4.79 Å². The first-order valence-electron chi connectivity index (χ1n) is 8.46. The molecule has 0 aliphatic heterocycles. The monoisotopic (exact) mass is 379 g/mol. The Bertz CT molecular complexity index is 1090. The smallest absolute Gasteiger partial charge is 0.282 e. The van der Waals surface area contributed by atoms with E-state index in [1.54, 1.807) is 24.3 Å². The van der Waals surface area contributed by atoms with Crippen molar-refractivity contribution in [3.8, 4) is 23.3 Å². The van der Waals surface area contributed by atoms with Crippen molar-refractivity contribution in [2.45, 2.75) is 26.4 Å². The van der Waals surface area contributed by atoms with Gasteiger partial charge in [0.05, 0.1) is 24.4 Å². The average Bonchev–Trinajstić information content (AvgIpc) is 3.10. The standard InChI is InChI=1S/C20H19N4O4/c1-20(2,3)28-12-5-6-13(17(9-12)27-4)19(26)23-18-10-16(25)14(11-21)15-7-8-22-24(15)18/h5-10,25H,1-4H3. The van der Waals surface area contributed by atoms with Crippen molar-refractivity contribution < 1.29 is 19.4 Å². The second-order valence-corrected chi connectivity index (χ2v) is 7.00. The number of carbonyl (C=O) groups is 1. The van der Waals surface area contributed by atoms with Gasteiger partial charge in [-0.1, -0.05) is 0 Å². The van der Waals surface area contributed by atoms with Crippen LogP contribution in [-0.2, 0) is 0 Å². The Labute approximate surface area is 161 Å². The summed E-state index contributed by atoms with van der Waals surface area (Å²) in [5.41, 5.74) is 0.250. The van der Waals surface area contributed by atoms with E-state index in [1.807, 2.05) is 26.8 Å². The Kier molecular flexibility index (Phi) is 4.84. The summed E-state index contributed by atoms with van der Waals surface area (Å²) in [6.07, 6.45) is 1.46. The number of aromatic nitrogens is 2. The number of carbonyl (C=O) groups excluding carboxylic acids is 1. The van der Waals surface area contributed by atoms with Gasteiger partial charge in [-0.25, -0.2) is 4.52 Å². The van der Waals surface area contributed by atoms with Gasteiger partial charge in [-0.15, -0.1) is 0 Å². The minimum Gasteiger partial charge on any atom is -0.506 e. The molecule has 143 valence electrons. The van der Waals surface area contributed by atoms with Crippen LogP contribution in [0.1, 0.15) is 36.7 Å². The van der Waals surface area contributed by atoms with E-state index in [0.29, 0.717) is 17.0 Å². The first kappa shape index (κ1) is 19.0.